The zero-order valence-corrected chi connectivity index (χ0v) is 21.4. The van der Waals surface area contributed by atoms with Crippen LogP contribution in [0.5, 0.6) is 0 Å². The van der Waals surface area contributed by atoms with Gasteiger partial charge in [0.05, 0.1) is 0 Å². The number of hydrogen-bond donors (Lipinski definition) is 0. The number of halogens is 12. The van der Waals surface area contributed by atoms with E-state index >= 15 is 0 Å². The predicted molar refractivity (Wildman–Crippen MR) is 99.8 cm³/mol. The van der Waals surface area contributed by atoms with E-state index in [2.05, 4.69) is 18.7 Å². The molecule has 1 amide bonds. The molecule has 0 saturated carbocycles. The van der Waals surface area contributed by atoms with Crippen LogP contribution in [0.2, 0.25) is 0 Å². The van der Waals surface area contributed by atoms with Crippen molar-refractivity contribution in [1.82, 2.24) is 9.80 Å². The molecule has 0 aromatic carbocycles. The maximum absolute atomic E-state index is 12.1. The van der Waals surface area contributed by atoms with Crippen molar-refractivity contribution >= 4 is 76.8 Å². The summed E-state index contributed by atoms with van der Waals surface area (Å²) in [5, 5.41) is 0. The third-order valence-corrected chi connectivity index (χ3v) is 4.44. The van der Waals surface area contributed by atoms with Gasteiger partial charge >= 0.3 is 162 Å². The van der Waals surface area contributed by atoms with Gasteiger partial charge in [0.15, 0.2) is 0 Å². The van der Waals surface area contributed by atoms with Crippen LogP contribution < -0.4 is 0 Å². The van der Waals surface area contributed by atoms with Crippen LogP contribution in [-0.2, 0) is 4.74 Å². The average Bonchev–Trinajstić information content (AvgIpc) is 2.38. The molecule has 20 heteroatoms. The van der Waals surface area contributed by atoms with Gasteiger partial charge in [-0.25, -0.2) is 0 Å². The molecule has 4 nitrogen and oxygen atoms in total. The summed E-state index contributed by atoms with van der Waals surface area (Å²) < 4.78 is 124. The molecule has 1 fully saturated rings. The molecule has 32 heavy (non-hydrogen) atoms. The second kappa shape index (κ2) is 14.6. The quantitative estimate of drug-likeness (QED) is 0.341. The summed E-state index contributed by atoms with van der Waals surface area (Å²) in [7, 11) is -18.0. The normalized spacial score (nSPS) is 17.0. The molecular formula is C12H23B3F12KN2O2-3. The third-order valence-electron chi connectivity index (χ3n) is 3.04. The van der Waals surface area contributed by atoms with Crippen LogP contribution in [0.1, 0.15) is 34.6 Å². The standard InChI is InChI=1S/C12H23N2O2.3BF4.K/c1-11(2,3)16-10(15)14-8-7-13(6)9-12(14,4)5;3*2-1(3,4)5;/h6-9H2,1-5H3;;;;/q;3*-1;. The summed E-state index contributed by atoms with van der Waals surface area (Å²) >= 11 is 0.844. The first-order valence-electron chi connectivity index (χ1n) is 9.00. The maximum Gasteiger partial charge on any atom is 0.673 e. The summed E-state index contributed by atoms with van der Waals surface area (Å²) in [6.07, 6.45) is -0.181. The monoisotopic (exact) mass is 527 g/mol. The molecule has 1 aliphatic rings. The van der Waals surface area contributed by atoms with E-state index in [0.29, 0.717) is 0 Å². The van der Waals surface area contributed by atoms with Gasteiger partial charge < -0.3 is 51.8 Å². The van der Waals surface area contributed by atoms with E-state index in [0.717, 1.165) is 68.6 Å². The third kappa shape index (κ3) is 34.8. The molecular weight excluding hydrogens is 504 g/mol. The topological polar surface area (TPSA) is 32.8 Å². The van der Waals surface area contributed by atoms with E-state index in [1.165, 1.54) is 0.639 Å². The Morgan fingerprint density at radius 2 is 1.16 bits per heavy atom. The number of ether oxygens (including phenoxy) is 1. The molecule has 0 aliphatic carbocycles. The molecule has 0 radical (unpaired) electrons. The molecule has 0 aromatic rings. The van der Waals surface area contributed by atoms with Gasteiger partial charge in [-0.05, 0) is 0 Å². The van der Waals surface area contributed by atoms with E-state index in [9.17, 15) is 56.6 Å². The van der Waals surface area contributed by atoms with E-state index in [-0.39, 0.29) is 11.6 Å². The number of rotatable bonds is 1. The van der Waals surface area contributed by atoms with E-state index < -0.39 is 27.4 Å². The fourth-order valence-electron chi connectivity index (χ4n) is 2.18. The molecule has 1 heterocycles. The van der Waals surface area contributed by atoms with E-state index in [1.807, 2.05) is 25.7 Å². The zero-order valence-electron chi connectivity index (χ0n) is 18.3. The van der Waals surface area contributed by atoms with Crippen molar-refractivity contribution < 1.29 is 61.3 Å². The van der Waals surface area contributed by atoms with Gasteiger partial charge in [-0.3, -0.25) is 0 Å². The van der Waals surface area contributed by atoms with Crippen molar-refractivity contribution in [2.75, 3.05) is 20.3 Å². The van der Waals surface area contributed by atoms with Gasteiger partial charge in [-0.1, -0.05) is 0 Å². The van der Waals surface area contributed by atoms with Crippen LogP contribution in [0.4, 0.5) is 56.6 Å². The van der Waals surface area contributed by atoms with Crippen LogP contribution in [0.15, 0.2) is 0 Å². The summed E-state index contributed by atoms with van der Waals surface area (Å²) in [5.41, 5.74) is -0.538. The first-order chi connectivity index (χ1) is 13.7. The Balaban J connectivity index is -0.000000458. The Bertz CT molecular complexity index is 495. The molecule has 0 unspecified atom stereocenters. The predicted octanol–water partition coefficient (Wildman–Crippen LogP) is 5.34. The second-order valence-electron chi connectivity index (χ2n) is 7.80. The largest absolute Gasteiger partial charge is 0.673 e. The minimum Gasteiger partial charge on any atom is -0.418 e. The van der Waals surface area contributed by atoms with Crippen LogP contribution in [-0.4, -0.2) is 118 Å². The summed E-state index contributed by atoms with van der Waals surface area (Å²) in [6.45, 7) is 12.7. The molecule has 1 aliphatic heterocycles. The molecule has 1 rings (SSSR count). The van der Waals surface area contributed by atoms with Crippen LogP contribution in [0, 0.1) is 0 Å². The molecule has 1 saturated heterocycles. The molecule has 190 valence electrons. The zero-order chi connectivity index (χ0) is 26.8. The Kier molecular flexibility index (Phi) is 16.8. The van der Waals surface area contributed by atoms with Gasteiger partial charge in [0.25, 0.3) is 0 Å². The van der Waals surface area contributed by atoms with Gasteiger partial charge in [0.2, 0.25) is 0 Å². The van der Waals surface area contributed by atoms with Gasteiger partial charge in [0.1, 0.15) is 0 Å². The van der Waals surface area contributed by atoms with Gasteiger partial charge in [-0.2, -0.15) is 0 Å². The van der Waals surface area contributed by atoms with Crippen molar-refractivity contribution in [2.45, 2.75) is 45.8 Å². The Morgan fingerprint density at radius 1 is 0.844 bits per heavy atom. The average molecular weight is 527 g/mol. The Morgan fingerprint density at radius 3 is 1.38 bits per heavy atom. The number of carbonyl (C=O) groups is 1. The van der Waals surface area contributed by atoms with E-state index in [4.69, 9.17) is 4.74 Å². The number of carbonyl (C=O) groups excluding carboxylic acids is 1. The van der Waals surface area contributed by atoms with Crippen LogP contribution in [0.25, 0.3) is 0 Å². The smallest absolute Gasteiger partial charge is 0.418 e. The SMILES string of the molecule is CC(C)(C)OC(=O)N1CCN([CH2][K])CC1(C)C.F[B-](F)(F)F.F[B-](F)(F)F.F[B-](F)(F)F. The first kappa shape index (κ1) is 36.8. The number of nitrogens with zero attached hydrogens (tertiary/aromatic N) is 2. The van der Waals surface area contributed by atoms with Crippen molar-refractivity contribution in [1.29, 1.82) is 0 Å². The van der Waals surface area contributed by atoms with Crippen LogP contribution >= 0.6 is 0 Å². The minimum absolute atomic E-state index is 0.126. The fraction of sp³-hybridized carbons (Fsp3) is 0.917. The van der Waals surface area contributed by atoms with E-state index in [1.54, 1.807) is 0 Å². The molecule has 0 aromatic heterocycles. The second-order valence-corrected chi connectivity index (χ2v) is 8.79. The summed E-state index contributed by atoms with van der Waals surface area (Å²) in [4.78, 5) is 16.4. The Labute approximate surface area is 212 Å². The summed E-state index contributed by atoms with van der Waals surface area (Å²) in [5.74, 6) is 0. The number of amides is 1. The first-order valence-corrected chi connectivity index (χ1v) is 11.2. The maximum atomic E-state index is 12.1. The number of piperazine rings is 1. The number of hydrogen-bond acceptors (Lipinski definition) is 3. The van der Waals surface area contributed by atoms with Gasteiger partial charge in [0, 0.05) is 0 Å². The van der Waals surface area contributed by atoms with Crippen molar-refractivity contribution in [3.63, 3.8) is 0 Å². The Hall–Kier alpha value is 0.221. The van der Waals surface area contributed by atoms with Crippen LogP contribution in [0.3, 0.4) is 0 Å². The molecule has 0 bridgehead atoms. The van der Waals surface area contributed by atoms with Crippen molar-refractivity contribution in [2.24, 2.45) is 0 Å². The summed E-state index contributed by atoms with van der Waals surface area (Å²) in [6, 6.07) is 0. The molecule has 0 atom stereocenters. The molecule has 0 N–H and O–H groups in total. The fourth-order valence-corrected chi connectivity index (χ4v) is 3.02. The minimum atomic E-state index is -6.00. The van der Waals surface area contributed by atoms with Crippen molar-refractivity contribution in [3.8, 4) is 0 Å². The molecule has 0 spiro atoms. The van der Waals surface area contributed by atoms with Crippen molar-refractivity contribution in [3.05, 3.63) is 0 Å². The van der Waals surface area contributed by atoms with Gasteiger partial charge in [-0.15, -0.1) is 0 Å².